The van der Waals surface area contributed by atoms with Crippen molar-refractivity contribution in [3.63, 3.8) is 0 Å². The zero-order chi connectivity index (χ0) is 72.4. The first-order valence-electron chi connectivity index (χ1n) is 33.6. The van der Waals surface area contributed by atoms with Crippen molar-refractivity contribution in [2.45, 2.75) is 85.0 Å². The number of fused-ring (bicyclic) bond motifs is 9. The van der Waals surface area contributed by atoms with Gasteiger partial charge in [0.1, 0.15) is 0 Å². The summed E-state index contributed by atoms with van der Waals surface area (Å²) < 4.78 is 23.3. The van der Waals surface area contributed by atoms with E-state index in [1.165, 1.54) is 71.1 Å². The third-order valence-electron chi connectivity index (χ3n) is 18.1. The van der Waals surface area contributed by atoms with E-state index in [1.807, 2.05) is 36.7 Å². The van der Waals surface area contributed by atoms with Crippen LogP contribution in [0.2, 0.25) is 0 Å². The van der Waals surface area contributed by atoms with Gasteiger partial charge in [-0.2, -0.15) is 0 Å². The van der Waals surface area contributed by atoms with E-state index in [4.69, 9.17) is 15.1 Å². The highest BCUT2D eigenvalue weighted by atomic mass is 32.2. The van der Waals surface area contributed by atoms with Crippen LogP contribution in [0.1, 0.15) is 102 Å². The first-order chi connectivity index (χ1) is 49.4. The molecule has 3 saturated heterocycles. The lowest BCUT2D eigenvalue weighted by Crippen LogP contribution is -2.50. The lowest BCUT2D eigenvalue weighted by atomic mass is 10.00. The summed E-state index contributed by atoms with van der Waals surface area (Å²) in [6.07, 6.45) is 9.90. The summed E-state index contributed by atoms with van der Waals surface area (Å²) in [5.74, 6) is 0.906. The van der Waals surface area contributed by atoms with Crippen LogP contribution in [0, 0.1) is 13.8 Å². The largest absolute Gasteiger partial charge is 0.339 e. The van der Waals surface area contributed by atoms with Gasteiger partial charge in [-0.05, 0) is 129 Å². The SMILES string of the molecule is CC(=O)N1CCN(C(=O)c2nc3c(s2)-c2nc(Nc4cc(C)cc(C)c4)ncc2CC3)CC1.CC(=O)N1CCN(C(=O)c2nc3c(s2)-c2nc(Nc4cccc(S(N)(=O)=O)c4)ncc2CC3)CC1.CC(=O)Nc1cccc(Nc2ncc3c(n2)-c2sc(C(=O)N4CCN(C(C)=O)CC4)nc2CC3)c1. The fourth-order valence-electron chi connectivity index (χ4n) is 12.8. The lowest BCUT2D eigenvalue weighted by molar-refractivity contribution is -0.131. The summed E-state index contributed by atoms with van der Waals surface area (Å²) in [4.78, 5) is 140. The smallest absolute Gasteiger partial charge is 0.282 e. The molecule has 6 N–H and O–H groups in total. The Balaban J connectivity index is 0.000000138. The maximum atomic E-state index is 13.1. The molecule has 6 aromatic heterocycles. The maximum Gasteiger partial charge on any atom is 0.282 e. The van der Waals surface area contributed by atoms with Crippen LogP contribution in [0.15, 0.2) is 90.2 Å². The van der Waals surface area contributed by atoms with Crippen LogP contribution >= 0.6 is 34.0 Å². The monoisotopic (exact) mass is 1470 g/mol. The molecule has 6 aliphatic rings. The van der Waals surface area contributed by atoms with Crippen molar-refractivity contribution < 1.29 is 42.0 Å². The third-order valence-corrected chi connectivity index (χ3v) is 22.3. The van der Waals surface area contributed by atoms with Gasteiger partial charge in [0, 0.05) is 148 Å². The van der Waals surface area contributed by atoms with Gasteiger partial charge in [-0.15, -0.1) is 34.0 Å². The van der Waals surface area contributed by atoms with Gasteiger partial charge in [0.25, 0.3) is 17.7 Å². The third kappa shape index (κ3) is 16.3. The zero-order valence-electron chi connectivity index (χ0n) is 57.4. The van der Waals surface area contributed by atoms with Gasteiger partial charge in [-0.3, -0.25) is 33.6 Å². The number of piperazine rings is 3. The summed E-state index contributed by atoms with van der Waals surface area (Å²) in [7, 11) is -3.84. The van der Waals surface area contributed by atoms with E-state index in [2.05, 4.69) is 88.2 Å². The number of hydrogen-bond acceptors (Lipinski definition) is 24. The van der Waals surface area contributed by atoms with Crippen LogP contribution in [0.3, 0.4) is 0 Å². The molecule has 0 atom stereocenters. The second-order valence-electron chi connectivity index (χ2n) is 25.6. The number of thiazole rings is 3. The Hall–Kier alpha value is -10.6. The van der Waals surface area contributed by atoms with Crippen LogP contribution < -0.4 is 26.4 Å². The number of primary sulfonamides is 1. The van der Waals surface area contributed by atoms with Gasteiger partial charge < -0.3 is 50.7 Å². The predicted molar refractivity (Wildman–Crippen MR) is 390 cm³/mol. The van der Waals surface area contributed by atoms with Crippen molar-refractivity contribution >= 4 is 126 Å². The van der Waals surface area contributed by atoms with Crippen LogP contribution in [0.25, 0.3) is 31.7 Å². The lowest BCUT2D eigenvalue weighted by Gasteiger charge is -2.33. The second kappa shape index (κ2) is 30.1. The van der Waals surface area contributed by atoms with Crippen molar-refractivity contribution in [1.29, 1.82) is 0 Å². The molecule has 0 radical (unpaired) electrons. The fourth-order valence-corrected chi connectivity index (χ4v) is 16.7. The maximum absolute atomic E-state index is 13.1. The van der Waals surface area contributed by atoms with Gasteiger partial charge in [-0.25, -0.2) is 58.4 Å². The Morgan fingerprint density at radius 1 is 0.408 bits per heavy atom. The van der Waals surface area contributed by atoms with Crippen LogP contribution in [-0.4, -0.2) is 203 Å². The molecule has 532 valence electrons. The Kier molecular flexibility index (Phi) is 20.7. The van der Waals surface area contributed by atoms with Crippen LogP contribution in [-0.2, 0) is 67.7 Å². The highest BCUT2D eigenvalue weighted by molar-refractivity contribution is 7.89. The van der Waals surface area contributed by atoms with Crippen LogP contribution in [0.5, 0.6) is 0 Å². The number of carbonyl (C=O) groups is 7. The molecular formula is C70H74N20O9S4. The predicted octanol–water partition coefficient (Wildman–Crippen LogP) is 7.46. The highest BCUT2D eigenvalue weighted by Crippen LogP contribution is 2.41. The van der Waals surface area contributed by atoms with E-state index in [0.717, 1.165) is 96.8 Å². The molecule has 0 unspecified atom stereocenters. The average Bonchev–Trinajstić information content (AvgIpc) is 1.67. The molecule has 3 aliphatic heterocycles. The Morgan fingerprint density at radius 2 is 0.738 bits per heavy atom. The van der Waals surface area contributed by atoms with Crippen molar-refractivity contribution in [1.82, 2.24) is 74.3 Å². The molecule has 103 heavy (non-hydrogen) atoms. The molecule has 3 aromatic carbocycles. The number of aromatic nitrogens is 9. The van der Waals surface area contributed by atoms with Gasteiger partial charge in [0.05, 0.1) is 53.7 Å². The van der Waals surface area contributed by atoms with E-state index >= 15 is 0 Å². The van der Waals surface area contributed by atoms with E-state index in [1.54, 1.807) is 61.6 Å². The molecule has 3 aliphatic carbocycles. The molecule has 0 saturated carbocycles. The number of sulfonamides is 1. The van der Waals surface area contributed by atoms with Crippen molar-refractivity contribution in [3.05, 3.63) is 145 Å². The molecule has 3 fully saturated rings. The number of aryl methyl sites for hydroxylation is 8. The van der Waals surface area contributed by atoms with Crippen LogP contribution in [0.4, 0.5) is 40.6 Å². The van der Waals surface area contributed by atoms with E-state index < -0.39 is 10.0 Å². The standard InChI is InChI=1S/C24H25N7O3S.C24H26N6O2S.C22H23N7O4S2/c1-14(32)26-17-4-3-5-18(12-17)27-24-25-13-16-6-7-19-21(20(16)29-24)35-22(28-19)23(34)31-10-8-30(9-11-31)15(2)33;1-14-10-15(2)12-18(11-14)26-24-25-13-17-4-5-19-21(20(17)28-24)33-22(27-19)23(32)30-8-6-29(7-9-30)16(3)31;1-13(30)28-7-9-29(10-8-28)21(31)20-26-17-6-5-14-12-24-22(27-18(14)19(17)34-20)25-15-3-2-4-16(11-15)35(23,32)33/h3-5,12-13H,6-11H2,1-2H3,(H,26,32)(H,25,27,29);10-13H,4-9H2,1-3H3,(H,25,26,28);2-4,11-12H,5-10H2,1H3,(H2,23,32,33)(H,24,25,27). The number of rotatable bonds is 11. The molecule has 0 spiro atoms. The minimum Gasteiger partial charge on any atom is -0.339 e. The number of hydrogen-bond donors (Lipinski definition) is 5. The summed E-state index contributed by atoms with van der Waals surface area (Å²) in [6, 6.07) is 19.7. The van der Waals surface area contributed by atoms with E-state index in [0.29, 0.717) is 141 Å². The molecule has 9 heterocycles. The quantitative estimate of drug-likeness (QED) is 0.0838. The Morgan fingerprint density at radius 3 is 1.09 bits per heavy atom. The number of nitrogens with one attached hydrogen (secondary N) is 4. The topological polar surface area (TPSA) is 363 Å². The average molecular weight is 1470 g/mol. The van der Waals surface area contributed by atoms with E-state index in [9.17, 15) is 42.0 Å². The van der Waals surface area contributed by atoms with Crippen molar-refractivity contribution in [2.75, 3.05) is 99.8 Å². The summed E-state index contributed by atoms with van der Waals surface area (Å²) in [6.45, 7) is 16.5. The molecule has 29 nitrogen and oxygen atoms in total. The van der Waals surface area contributed by atoms with Gasteiger partial charge in [-0.1, -0.05) is 18.2 Å². The first-order valence-corrected chi connectivity index (χ1v) is 37.5. The first kappa shape index (κ1) is 70.8. The number of amides is 7. The molecule has 7 amide bonds. The number of anilines is 7. The fraction of sp³-hybridized carbons (Fsp3) is 0.343. The van der Waals surface area contributed by atoms with E-state index in [-0.39, 0.29) is 46.2 Å². The Bertz CT molecular complexity index is 4940. The Labute approximate surface area is 605 Å². The van der Waals surface area contributed by atoms with Crippen molar-refractivity contribution in [2.24, 2.45) is 5.14 Å². The van der Waals surface area contributed by atoms with Gasteiger partial charge >= 0.3 is 0 Å². The van der Waals surface area contributed by atoms with Gasteiger partial charge in [0.2, 0.25) is 51.5 Å². The molecule has 0 bridgehead atoms. The normalized spacial score (nSPS) is 15.1. The van der Waals surface area contributed by atoms with Gasteiger partial charge in [0.15, 0.2) is 15.0 Å². The molecule has 15 rings (SSSR count). The summed E-state index contributed by atoms with van der Waals surface area (Å²) in [5.41, 5.74) is 13.3. The number of nitrogens with two attached hydrogens (primary N) is 1. The molecular weight excluding hydrogens is 1390 g/mol. The summed E-state index contributed by atoms with van der Waals surface area (Å²) >= 11 is 4.08. The molecule has 33 heteroatoms. The number of benzene rings is 3. The number of nitrogens with zero attached hydrogens (tertiary/aromatic N) is 15. The second-order valence-corrected chi connectivity index (χ2v) is 30.1. The van der Waals surface area contributed by atoms with Crippen molar-refractivity contribution in [3.8, 4) is 31.7 Å². The zero-order valence-corrected chi connectivity index (χ0v) is 60.7. The molecule has 9 aromatic rings. The minimum atomic E-state index is -3.84. The summed E-state index contributed by atoms with van der Waals surface area (Å²) in [5, 5.41) is 18.9. The minimum absolute atomic E-state index is 0.0129. The highest BCUT2D eigenvalue weighted by Gasteiger charge is 2.34. The number of carbonyl (C=O) groups excluding carboxylic acids is 7.